The molecule has 0 spiro atoms. The number of sulfonamides is 1. The second kappa shape index (κ2) is 7.89. The number of hydrazone groups is 1. The molecule has 0 fully saturated rings. The van der Waals surface area contributed by atoms with Gasteiger partial charge in [-0.3, -0.25) is 9.52 Å². The monoisotopic (exact) mass is 423 g/mol. The van der Waals surface area contributed by atoms with E-state index in [-0.39, 0.29) is 28.7 Å². The van der Waals surface area contributed by atoms with Gasteiger partial charge in [0, 0.05) is 29.6 Å². The summed E-state index contributed by atoms with van der Waals surface area (Å²) < 4.78 is 40.5. The summed E-state index contributed by atoms with van der Waals surface area (Å²) in [6, 6.07) is 10.4. The van der Waals surface area contributed by atoms with Crippen molar-refractivity contribution in [1.29, 1.82) is 0 Å². The third kappa shape index (κ3) is 4.18. The van der Waals surface area contributed by atoms with Gasteiger partial charge >= 0.3 is 0 Å². The Bertz CT molecular complexity index is 1040. The molecule has 0 radical (unpaired) electrons. The molecular weight excluding hydrogens is 405 g/mol. The van der Waals surface area contributed by atoms with E-state index < -0.39 is 21.9 Å². The van der Waals surface area contributed by atoms with Crippen LogP contribution in [0.5, 0.6) is 0 Å². The van der Waals surface area contributed by atoms with Crippen molar-refractivity contribution >= 4 is 38.9 Å². The number of amides is 1. The predicted molar refractivity (Wildman–Crippen MR) is 107 cm³/mol. The maximum absolute atomic E-state index is 14.4. The zero-order valence-electron chi connectivity index (χ0n) is 15.3. The lowest BCUT2D eigenvalue weighted by Crippen LogP contribution is -2.25. The Morgan fingerprint density at radius 1 is 1.32 bits per heavy atom. The van der Waals surface area contributed by atoms with E-state index >= 15 is 0 Å². The van der Waals surface area contributed by atoms with Gasteiger partial charge in [0.25, 0.3) is 0 Å². The van der Waals surface area contributed by atoms with E-state index in [2.05, 4.69) is 9.82 Å². The van der Waals surface area contributed by atoms with Gasteiger partial charge in [-0.25, -0.2) is 17.8 Å². The molecule has 6 nitrogen and oxygen atoms in total. The van der Waals surface area contributed by atoms with Crippen LogP contribution in [0.3, 0.4) is 0 Å². The molecule has 1 aliphatic rings. The predicted octanol–water partition coefficient (Wildman–Crippen LogP) is 3.94. The molecule has 1 amide bonds. The van der Waals surface area contributed by atoms with E-state index in [1.165, 1.54) is 24.1 Å². The van der Waals surface area contributed by atoms with Gasteiger partial charge in [0.15, 0.2) is 0 Å². The minimum Gasteiger partial charge on any atom is -0.284 e. The van der Waals surface area contributed by atoms with Gasteiger partial charge in [0.05, 0.1) is 17.5 Å². The molecule has 2 aromatic carbocycles. The van der Waals surface area contributed by atoms with Gasteiger partial charge in [0.1, 0.15) is 5.82 Å². The standard InChI is InChI=1S/C19H19ClFN3O3S/c1-3-28(26,27)23-14-7-4-6-13(10-14)17-11-18(24(22-17)12(2)25)19-15(20)8-5-9-16(19)21/h4-10,18,23H,3,11H2,1-2H3/t18-/m0/s1. The van der Waals surface area contributed by atoms with Crippen molar-refractivity contribution < 1.29 is 17.6 Å². The number of rotatable bonds is 5. The van der Waals surface area contributed by atoms with Crippen LogP contribution in [0.4, 0.5) is 10.1 Å². The summed E-state index contributed by atoms with van der Waals surface area (Å²) in [5, 5.41) is 5.78. The molecule has 3 rings (SSSR count). The fourth-order valence-electron chi connectivity index (χ4n) is 3.04. The number of anilines is 1. The van der Waals surface area contributed by atoms with Crippen LogP contribution in [0.2, 0.25) is 5.02 Å². The number of carbonyl (C=O) groups is 1. The lowest BCUT2D eigenvalue weighted by atomic mass is 9.97. The zero-order chi connectivity index (χ0) is 20.5. The van der Waals surface area contributed by atoms with Gasteiger partial charge < -0.3 is 0 Å². The highest BCUT2D eigenvalue weighted by atomic mass is 35.5. The summed E-state index contributed by atoms with van der Waals surface area (Å²) >= 11 is 6.18. The number of carbonyl (C=O) groups excluding carboxylic acids is 1. The van der Waals surface area contributed by atoms with E-state index in [9.17, 15) is 17.6 Å². The van der Waals surface area contributed by atoms with E-state index in [0.717, 1.165) is 0 Å². The van der Waals surface area contributed by atoms with Crippen LogP contribution in [0.15, 0.2) is 47.6 Å². The summed E-state index contributed by atoms with van der Waals surface area (Å²) in [6.07, 6.45) is 0.254. The van der Waals surface area contributed by atoms with Gasteiger partial charge in [-0.2, -0.15) is 5.10 Å². The van der Waals surface area contributed by atoms with Crippen molar-refractivity contribution in [3.63, 3.8) is 0 Å². The molecule has 0 saturated heterocycles. The quantitative estimate of drug-likeness (QED) is 0.791. The third-order valence-electron chi connectivity index (χ3n) is 4.42. The summed E-state index contributed by atoms with van der Waals surface area (Å²) in [4.78, 5) is 12.1. The van der Waals surface area contributed by atoms with Crippen LogP contribution in [0.1, 0.15) is 37.4 Å². The molecule has 0 bridgehead atoms. The fourth-order valence-corrected chi connectivity index (χ4v) is 3.96. The molecule has 0 aliphatic carbocycles. The fraction of sp³-hybridized carbons (Fsp3) is 0.263. The average molecular weight is 424 g/mol. The largest absolute Gasteiger partial charge is 0.284 e. The molecule has 1 atom stereocenters. The Morgan fingerprint density at radius 2 is 2.04 bits per heavy atom. The smallest absolute Gasteiger partial charge is 0.240 e. The third-order valence-corrected chi connectivity index (χ3v) is 6.05. The van der Waals surface area contributed by atoms with Gasteiger partial charge in [-0.05, 0) is 36.8 Å². The van der Waals surface area contributed by atoms with E-state index in [0.29, 0.717) is 17.0 Å². The number of halogens is 2. The first-order valence-electron chi connectivity index (χ1n) is 8.64. The summed E-state index contributed by atoms with van der Waals surface area (Å²) in [7, 11) is -3.42. The topological polar surface area (TPSA) is 78.8 Å². The number of benzene rings is 2. The minimum atomic E-state index is -3.42. The van der Waals surface area contributed by atoms with Crippen molar-refractivity contribution in [3.8, 4) is 0 Å². The molecule has 1 heterocycles. The SMILES string of the molecule is CCS(=O)(=O)Nc1cccc(C2=NN(C(C)=O)[C@H](c3c(F)cccc3Cl)C2)c1. The van der Waals surface area contributed by atoms with E-state index in [4.69, 9.17) is 11.6 Å². The molecule has 28 heavy (non-hydrogen) atoms. The molecule has 0 saturated carbocycles. The number of hydrogen-bond donors (Lipinski definition) is 1. The van der Waals surface area contributed by atoms with Gasteiger partial charge in [-0.1, -0.05) is 29.8 Å². The molecule has 2 aromatic rings. The zero-order valence-corrected chi connectivity index (χ0v) is 16.9. The molecule has 1 aliphatic heterocycles. The minimum absolute atomic E-state index is 0.0514. The molecule has 1 N–H and O–H groups in total. The first kappa shape index (κ1) is 20.3. The molecule has 0 aromatic heterocycles. The van der Waals surface area contributed by atoms with E-state index in [1.807, 2.05) is 0 Å². The number of hydrogen-bond acceptors (Lipinski definition) is 4. The van der Waals surface area contributed by atoms with Crippen molar-refractivity contribution in [3.05, 3.63) is 64.4 Å². The Balaban J connectivity index is 1.96. The lowest BCUT2D eigenvalue weighted by molar-refractivity contribution is -0.130. The van der Waals surface area contributed by atoms with Gasteiger partial charge in [0.2, 0.25) is 15.9 Å². The van der Waals surface area contributed by atoms with Crippen LogP contribution in [-0.4, -0.2) is 30.8 Å². The highest BCUT2D eigenvalue weighted by Gasteiger charge is 2.34. The maximum atomic E-state index is 14.4. The Labute approximate surface area is 168 Å². The highest BCUT2D eigenvalue weighted by Crippen LogP contribution is 2.38. The van der Waals surface area contributed by atoms with Crippen LogP contribution >= 0.6 is 11.6 Å². The first-order valence-corrected chi connectivity index (χ1v) is 10.7. The Kier molecular flexibility index (Phi) is 5.71. The summed E-state index contributed by atoms with van der Waals surface area (Å²) in [5.41, 5.74) is 1.78. The van der Waals surface area contributed by atoms with Crippen LogP contribution in [0, 0.1) is 5.82 Å². The van der Waals surface area contributed by atoms with Crippen molar-refractivity contribution in [1.82, 2.24) is 5.01 Å². The van der Waals surface area contributed by atoms with Crippen molar-refractivity contribution in [2.75, 3.05) is 10.5 Å². The normalized spacial score (nSPS) is 16.8. The van der Waals surface area contributed by atoms with E-state index in [1.54, 1.807) is 37.3 Å². The molecule has 148 valence electrons. The van der Waals surface area contributed by atoms with Crippen LogP contribution in [-0.2, 0) is 14.8 Å². The van der Waals surface area contributed by atoms with Crippen molar-refractivity contribution in [2.24, 2.45) is 5.10 Å². The molecule has 9 heteroatoms. The lowest BCUT2D eigenvalue weighted by Gasteiger charge is -2.21. The summed E-state index contributed by atoms with van der Waals surface area (Å²) in [5.74, 6) is -0.906. The maximum Gasteiger partial charge on any atom is 0.240 e. The molecule has 0 unspecified atom stereocenters. The number of nitrogens with zero attached hydrogens (tertiary/aromatic N) is 2. The number of nitrogens with one attached hydrogen (secondary N) is 1. The highest BCUT2D eigenvalue weighted by molar-refractivity contribution is 7.92. The van der Waals surface area contributed by atoms with Crippen LogP contribution < -0.4 is 4.72 Å². The average Bonchev–Trinajstić information content (AvgIpc) is 3.07. The Hall–Kier alpha value is -2.45. The first-order chi connectivity index (χ1) is 13.2. The second-order valence-corrected chi connectivity index (χ2v) is 8.77. The summed E-state index contributed by atoms with van der Waals surface area (Å²) in [6.45, 7) is 2.89. The van der Waals surface area contributed by atoms with Crippen LogP contribution in [0.25, 0.3) is 0 Å². The van der Waals surface area contributed by atoms with Gasteiger partial charge in [-0.15, -0.1) is 0 Å². The Morgan fingerprint density at radius 3 is 2.68 bits per heavy atom. The second-order valence-electron chi connectivity index (χ2n) is 6.35. The molecular formula is C19H19ClFN3O3S. The van der Waals surface area contributed by atoms with Crippen molar-refractivity contribution in [2.45, 2.75) is 26.3 Å².